The van der Waals surface area contributed by atoms with Gasteiger partial charge in [0.1, 0.15) is 0 Å². The van der Waals surface area contributed by atoms with Crippen molar-refractivity contribution >= 4 is 5.91 Å². The smallest absolute Gasteiger partial charge is 0.219 e. The molecular formula is C25H49NO. The molecule has 0 rings (SSSR count). The Bertz CT molecular complexity index is 324. The van der Waals surface area contributed by atoms with Crippen molar-refractivity contribution in [2.45, 2.75) is 136 Å². The maximum Gasteiger partial charge on any atom is 0.219 e. The molecule has 0 heterocycles. The van der Waals surface area contributed by atoms with Crippen LogP contribution in [0.5, 0.6) is 0 Å². The summed E-state index contributed by atoms with van der Waals surface area (Å²) in [5.41, 5.74) is 0. The minimum atomic E-state index is 0.239. The number of allylic oxidation sites excluding steroid dienone is 2. The molecule has 0 saturated heterocycles. The molecule has 0 spiro atoms. The van der Waals surface area contributed by atoms with Gasteiger partial charge in [0.15, 0.2) is 0 Å². The van der Waals surface area contributed by atoms with Crippen LogP contribution in [0.25, 0.3) is 0 Å². The Morgan fingerprint density at radius 1 is 0.593 bits per heavy atom. The van der Waals surface area contributed by atoms with Crippen LogP contribution in [-0.4, -0.2) is 12.5 Å². The van der Waals surface area contributed by atoms with Crippen LogP contribution in [0.1, 0.15) is 136 Å². The number of unbranched alkanes of at least 4 members (excludes halogenated alkanes) is 15. The van der Waals surface area contributed by atoms with E-state index in [4.69, 9.17) is 0 Å². The Balaban J connectivity index is 3.15. The lowest BCUT2D eigenvalue weighted by molar-refractivity contribution is -0.121. The van der Waals surface area contributed by atoms with Gasteiger partial charge in [-0.25, -0.2) is 0 Å². The monoisotopic (exact) mass is 379 g/mol. The summed E-state index contributed by atoms with van der Waals surface area (Å²) in [6, 6.07) is 0. The van der Waals surface area contributed by atoms with Crippen LogP contribution in [0, 0.1) is 0 Å². The second-order valence-corrected chi connectivity index (χ2v) is 8.10. The van der Waals surface area contributed by atoms with Crippen LogP contribution < -0.4 is 5.32 Å². The quantitative estimate of drug-likeness (QED) is 0.158. The summed E-state index contributed by atoms with van der Waals surface area (Å²) < 4.78 is 0. The van der Waals surface area contributed by atoms with Gasteiger partial charge >= 0.3 is 0 Å². The molecule has 1 amide bonds. The van der Waals surface area contributed by atoms with Crippen molar-refractivity contribution in [3.05, 3.63) is 12.2 Å². The van der Waals surface area contributed by atoms with E-state index < -0.39 is 0 Å². The van der Waals surface area contributed by atoms with Crippen molar-refractivity contribution < 1.29 is 4.79 Å². The second kappa shape index (κ2) is 23.2. The third-order valence-electron chi connectivity index (χ3n) is 5.27. The number of hydrogen-bond donors (Lipinski definition) is 1. The topological polar surface area (TPSA) is 29.1 Å². The summed E-state index contributed by atoms with van der Waals surface area (Å²) in [5, 5.41) is 2.99. The van der Waals surface area contributed by atoms with Crippen molar-refractivity contribution in [3.63, 3.8) is 0 Å². The van der Waals surface area contributed by atoms with Gasteiger partial charge in [0.2, 0.25) is 5.91 Å². The van der Waals surface area contributed by atoms with Gasteiger partial charge in [-0.2, -0.15) is 0 Å². The van der Waals surface area contributed by atoms with E-state index in [1.54, 1.807) is 0 Å². The molecule has 0 aliphatic heterocycles. The SMILES string of the molecule is CCCCCCCCCCCC=CCCCCCCCC(=O)NCCCC. The number of hydrogen-bond acceptors (Lipinski definition) is 1. The van der Waals surface area contributed by atoms with Crippen molar-refractivity contribution in [3.8, 4) is 0 Å². The zero-order valence-electron chi connectivity index (χ0n) is 18.7. The molecule has 2 heteroatoms. The Morgan fingerprint density at radius 2 is 1.04 bits per heavy atom. The summed E-state index contributed by atoms with van der Waals surface area (Å²) in [6.45, 7) is 5.28. The standard InChI is InChI=1S/C25H49NO/c1-3-5-7-8-9-10-11-12-13-14-15-16-17-18-19-20-21-22-23-25(27)26-24-6-4-2/h15-16H,3-14,17-24H2,1-2H3,(H,26,27). The summed E-state index contributed by atoms with van der Waals surface area (Å²) in [5.74, 6) is 0.239. The fourth-order valence-electron chi connectivity index (χ4n) is 3.38. The summed E-state index contributed by atoms with van der Waals surface area (Å²) in [7, 11) is 0. The average molecular weight is 380 g/mol. The first-order valence-electron chi connectivity index (χ1n) is 12.2. The van der Waals surface area contributed by atoms with Crippen molar-refractivity contribution in [2.75, 3.05) is 6.54 Å². The summed E-state index contributed by atoms with van der Waals surface area (Å²) in [4.78, 5) is 11.6. The van der Waals surface area contributed by atoms with E-state index >= 15 is 0 Å². The van der Waals surface area contributed by atoms with Crippen LogP contribution in [0.4, 0.5) is 0 Å². The van der Waals surface area contributed by atoms with E-state index in [0.29, 0.717) is 6.42 Å². The van der Waals surface area contributed by atoms with Gasteiger partial charge in [-0.3, -0.25) is 4.79 Å². The van der Waals surface area contributed by atoms with Crippen molar-refractivity contribution in [1.82, 2.24) is 5.32 Å². The van der Waals surface area contributed by atoms with Crippen LogP contribution in [0.15, 0.2) is 12.2 Å². The molecule has 160 valence electrons. The molecule has 27 heavy (non-hydrogen) atoms. The van der Waals surface area contributed by atoms with Gasteiger partial charge < -0.3 is 5.32 Å². The van der Waals surface area contributed by atoms with Crippen molar-refractivity contribution in [2.24, 2.45) is 0 Å². The molecule has 0 aliphatic rings. The average Bonchev–Trinajstić information content (AvgIpc) is 2.67. The van der Waals surface area contributed by atoms with Crippen LogP contribution >= 0.6 is 0 Å². The Hall–Kier alpha value is -0.790. The molecule has 0 atom stereocenters. The van der Waals surface area contributed by atoms with Crippen LogP contribution in [-0.2, 0) is 4.79 Å². The maximum atomic E-state index is 11.6. The predicted octanol–water partition coefficient (Wildman–Crippen LogP) is 8.11. The molecule has 0 aromatic heterocycles. The molecule has 2 nitrogen and oxygen atoms in total. The molecular weight excluding hydrogens is 330 g/mol. The zero-order chi connectivity index (χ0) is 19.8. The molecule has 0 aromatic carbocycles. The van der Waals surface area contributed by atoms with Gasteiger partial charge in [0, 0.05) is 13.0 Å². The Labute approximate surface area is 171 Å². The normalized spacial score (nSPS) is 11.3. The van der Waals surface area contributed by atoms with Crippen molar-refractivity contribution in [1.29, 1.82) is 0 Å². The molecule has 0 aliphatic carbocycles. The number of carbonyl (C=O) groups is 1. The first kappa shape index (κ1) is 26.2. The maximum absolute atomic E-state index is 11.6. The van der Waals surface area contributed by atoms with Gasteiger partial charge in [-0.15, -0.1) is 0 Å². The Morgan fingerprint density at radius 3 is 1.56 bits per heavy atom. The molecule has 0 unspecified atom stereocenters. The fraction of sp³-hybridized carbons (Fsp3) is 0.880. The number of nitrogens with one attached hydrogen (secondary N) is 1. The molecule has 1 N–H and O–H groups in total. The first-order valence-corrected chi connectivity index (χ1v) is 12.2. The van der Waals surface area contributed by atoms with Gasteiger partial charge in [0.25, 0.3) is 0 Å². The predicted molar refractivity (Wildman–Crippen MR) is 121 cm³/mol. The Kier molecular flexibility index (Phi) is 22.6. The van der Waals surface area contributed by atoms with Gasteiger partial charge in [0.05, 0.1) is 0 Å². The van der Waals surface area contributed by atoms with Gasteiger partial charge in [-0.05, 0) is 38.5 Å². The highest BCUT2D eigenvalue weighted by molar-refractivity contribution is 5.75. The van der Waals surface area contributed by atoms with E-state index in [1.165, 1.54) is 96.3 Å². The largest absolute Gasteiger partial charge is 0.356 e. The minimum Gasteiger partial charge on any atom is -0.356 e. The van der Waals surface area contributed by atoms with E-state index in [2.05, 4.69) is 31.3 Å². The van der Waals surface area contributed by atoms with E-state index in [0.717, 1.165) is 25.8 Å². The zero-order valence-corrected chi connectivity index (χ0v) is 18.7. The number of carbonyl (C=O) groups excluding carboxylic acids is 1. The lowest BCUT2D eigenvalue weighted by atomic mass is 10.1. The summed E-state index contributed by atoms with van der Waals surface area (Å²) >= 11 is 0. The highest BCUT2D eigenvalue weighted by atomic mass is 16.1. The fourth-order valence-corrected chi connectivity index (χ4v) is 3.38. The summed E-state index contributed by atoms with van der Waals surface area (Å²) in [6.07, 6.45) is 29.1. The third kappa shape index (κ3) is 23.2. The molecule has 0 saturated carbocycles. The van der Waals surface area contributed by atoms with E-state index in [-0.39, 0.29) is 5.91 Å². The van der Waals surface area contributed by atoms with Crippen LogP contribution in [0.2, 0.25) is 0 Å². The van der Waals surface area contributed by atoms with Gasteiger partial charge in [-0.1, -0.05) is 103 Å². The molecule has 0 radical (unpaired) electrons. The number of rotatable bonds is 21. The first-order chi connectivity index (χ1) is 13.3. The molecule has 0 fully saturated rings. The highest BCUT2D eigenvalue weighted by Gasteiger charge is 1.99. The van der Waals surface area contributed by atoms with E-state index in [9.17, 15) is 4.79 Å². The van der Waals surface area contributed by atoms with Crippen LogP contribution in [0.3, 0.4) is 0 Å². The molecule has 0 bridgehead atoms. The second-order valence-electron chi connectivity index (χ2n) is 8.10. The lowest BCUT2D eigenvalue weighted by Crippen LogP contribution is -2.23. The minimum absolute atomic E-state index is 0.239. The highest BCUT2D eigenvalue weighted by Crippen LogP contribution is 2.11. The number of amides is 1. The molecule has 0 aromatic rings. The third-order valence-corrected chi connectivity index (χ3v) is 5.27. The lowest BCUT2D eigenvalue weighted by Gasteiger charge is -2.04. The van der Waals surface area contributed by atoms with E-state index in [1.807, 2.05) is 0 Å².